The summed E-state index contributed by atoms with van der Waals surface area (Å²) in [4.78, 5) is 4.17. The molecule has 6 heteroatoms. The van der Waals surface area contributed by atoms with Crippen molar-refractivity contribution in [1.82, 2.24) is 10.1 Å². The SMILES string of the molecule is COc1cccc(-c2noc(-c3cc(F)ccc3O)n2)c1. The Balaban J connectivity index is 2.01. The smallest absolute Gasteiger partial charge is 0.262 e. The molecule has 106 valence electrons. The summed E-state index contributed by atoms with van der Waals surface area (Å²) in [5.74, 6) is 0.408. The average Bonchev–Trinajstić information content (AvgIpc) is 2.99. The van der Waals surface area contributed by atoms with Gasteiger partial charge in [-0.2, -0.15) is 4.98 Å². The molecule has 3 rings (SSSR count). The van der Waals surface area contributed by atoms with Gasteiger partial charge in [-0.15, -0.1) is 0 Å². The lowest BCUT2D eigenvalue weighted by Gasteiger charge is -2.00. The van der Waals surface area contributed by atoms with Crippen molar-refractivity contribution in [2.75, 3.05) is 7.11 Å². The zero-order valence-electron chi connectivity index (χ0n) is 11.1. The zero-order chi connectivity index (χ0) is 14.8. The van der Waals surface area contributed by atoms with Crippen LogP contribution in [-0.4, -0.2) is 22.4 Å². The first-order valence-corrected chi connectivity index (χ1v) is 6.14. The van der Waals surface area contributed by atoms with Gasteiger partial charge in [-0.25, -0.2) is 4.39 Å². The van der Waals surface area contributed by atoms with Crippen molar-refractivity contribution in [3.05, 3.63) is 48.3 Å². The summed E-state index contributed by atoms with van der Waals surface area (Å²) in [6.07, 6.45) is 0. The molecular formula is C15H11FN2O3. The van der Waals surface area contributed by atoms with Gasteiger partial charge in [0.15, 0.2) is 0 Å². The molecule has 0 aliphatic rings. The van der Waals surface area contributed by atoms with Gasteiger partial charge in [0.1, 0.15) is 17.3 Å². The number of methoxy groups -OCH3 is 1. The van der Waals surface area contributed by atoms with Crippen molar-refractivity contribution in [1.29, 1.82) is 0 Å². The van der Waals surface area contributed by atoms with Crippen LogP contribution in [-0.2, 0) is 0 Å². The van der Waals surface area contributed by atoms with E-state index in [0.29, 0.717) is 17.1 Å². The molecule has 1 aromatic heterocycles. The molecule has 0 amide bonds. The maximum Gasteiger partial charge on any atom is 0.262 e. The van der Waals surface area contributed by atoms with E-state index in [1.807, 2.05) is 0 Å². The summed E-state index contributed by atoms with van der Waals surface area (Å²) < 4.78 is 23.5. The number of phenolic OH excluding ortho intramolecular Hbond substituents is 1. The zero-order valence-corrected chi connectivity index (χ0v) is 11.1. The number of halogens is 1. The molecule has 1 heterocycles. The number of phenols is 1. The largest absolute Gasteiger partial charge is 0.507 e. The van der Waals surface area contributed by atoms with Gasteiger partial charge in [0.25, 0.3) is 5.89 Å². The predicted octanol–water partition coefficient (Wildman–Crippen LogP) is 3.26. The highest BCUT2D eigenvalue weighted by Crippen LogP contribution is 2.30. The number of aromatic nitrogens is 2. The Morgan fingerprint density at radius 1 is 1.19 bits per heavy atom. The van der Waals surface area contributed by atoms with Crippen LogP contribution in [0.5, 0.6) is 11.5 Å². The highest BCUT2D eigenvalue weighted by molar-refractivity contribution is 5.65. The third kappa shape index (κ3) is 2.55. The molecule has 0 radical (unpaired) electrons. The second-order valence-corrected chi connectivity index (χ2v) is 4.32. The Morgan fingerprint density at radius 3 is 2.86 bits per heavy atom. The minimum Gasteiger partial charge on any atom is -0.507 e. The van der Waals surface area contributed by atoms with E-state index in [-0.39, 0.29) is 17.2 Å². The van der Waals surface area contributed by atoms with Crippen LogP contribution in [0, 0.1) is 5.82 Å². The number of aromatic hydroxyl groups is 1. The fourth-order valence-electron chi connectivity index (χ4n) is 1.89. The number of benzene rings is 2. The molecule has 0 aliphatic heterocycles. The molecular weight excluding hydrogens is 275 g/mol. The number of hydrogen-bond donors (Lipinski definition) is 1. The van der Waals surface area contributed by atoms with Crippen LogP contribution in [0.15, 0.2) is 47.0 Å². The van der Waals surface area contributed by atoms with E-state index in [2.05, 4.69) is 10.1 Å². The minimum absolute atomic E-state index is 0.0461. The Kier molecular flexibility index (Phi) is 3.27. The van der Waals surface area contributed by atoms with Gasteiger partial charge in [0, 0.05) is 5.56 Å². The summed E-state index contributed by atoms with van der Waals surface area (Å²) in [5.41, 5.74) is 0.844. The summed E-state index contributed by atoms with van der Waals surface area (Å²) >= 11 is 0. The van der Waals surface area contributed by atoms with Crippen LogP contribution in [0.1, 0.15) is 0 Å². The van der Waals surface area contributed by atoms with Gasteiger partial charge < -0.3 is 14.4 Å². The molecule has 21 heavy (non-hydrogen) atoms. The molecule has 0 unspecified atom stereocenters. The van der Waals surface area contributed by atoms with Crippen molar-refractivity contribution in [2.45, 2.75) is 0 Å². The van der Waals surface area contributed by atoms with Gasteiger partial charge in [0.05, 0.1) is 12.7 Å². The van der Waals surface area contributed by atoms with Crippen molar-refractivity contribution < 1.29 is 18.8 Å². The normalized spacial score (nSPS) is 10.6. The average molecular weight is 286 g/mol. The second-order valence-electron chi connectivity index (χ2n) is 4.32. The summed E-state index contributed by atoms with van der Waals surface area (Å²) in [7, 11) is 1.56. The molecule has 0 spiro atoms. The lowest BCUT2D eigenvalue weighted by atomic mass is 10.2. The molecule has 0 bridgehead atoms. The van der Waals surface area contributed by atoms with Crippen LogP contribution >= 0.6 is 0 Å². The fraction of sp³-hybridized carbons (Fsp3) is 0.0667. The molecule has 0 atom stereocenters. The van der Waals surface area contributed by atoms with E-state index in [0.717, 1.165) is 12.1 Å². The minimum atomic E-state index is -0.496. The van der Waals surface area contributed by atoms with Crippen LogP contribution < -0.4 is 4.74 Å². The third-order valence-corrected chi connectivity index (χ3v) is 2.94. The van der Waals surface area contributed by atoms with Gasteiger partial charge >= 0.3 is 0 Å². The highest BCUT2D eigenvalue weighted by Gasteiger charge is 2.15. The number of nitrogens with zero attached hydrogens (tertiary/aromatic N) is 2. The second kappa shape index (κ2) is 5.24. The maximum absolute atomic E-state index is 13.2. The van der Waals surface area contributed by atoms with Crippen molar-refractivity contribution in [2.24, 2.45) is 0 Å². The number of hydrogen-bond acceptors (Lipinski definition) is 5. The van der Waals surface area contributed by atoms with Gasteiger partial charge in [-0.05, 0) is 30.3 Å². The van der Waals surface area contributed by atoms with Crippen LogP contribution in [0.3, 0.4) is 0 Å². The van der Waals surface area contributed by atoms with Crippen LogP contribution in [0.4, 0.5) is 4.39 Å². The Hall–Kier alpha value is -2.89. The van der Waals surface area contributed by atoms with E-state index >= 15 is 0 Å². The standard InChI is InChI=1S/C15H11FN2O3/c1-20-11-4-2-3-9(7-11)14-17-15(21-18-14)12-8-10(16)5-6-13(12)19/h2-8,19H,1H3. The Bertz CT molecular complexity index is 786. The molecule has 3 aromatic rings. The summed E-state index contributed by atoms with van der Waals surface area (Å²) in [5, 5.41) is 13.6. The monoisotopic (exact) mass is 286 g/mol. The molecule has 0 saturated carbocycles. The first-order chi connectivity index (χ1) is 10.2. The molecule has 5 nitrogen and oxygen atoms in total. The fourth-order valence-corrected chi connectivity index (χ4v) is 1.89. The topological polar surface area (TPSA) is 68.4 Å². The van der Waals surface area contributed by atoms with Gasteiger partial charge in [-0.1, -0.05) is 17.3 Å². The summed E-state index contributed by atoms with van der Waals surface area (Å²) in [6, 6.07) is 10.7. The molecule has 0 aliphatic carbocycles. The third-order valence-electron chi connectivity index (χ3n) is 2.94. The lowest BCUT2D eigenvalue weighted by molar-refractivity contribution is 0.414. The van der Waals surface area contributed by atoms with Crippen LogP contribution in [0.2, 0.25) is 0 Å². The van der Waals surface area contributed by atoms with Crippen molar-refractivity contribution in [3.63, 3.8) is 0 Å². The quantitative estimate of drug-likeness (QED) is 0.800. The van der Waals surface area contributed by atoms with E-state index in [4.69, 9.17) is 9.26 Å². The van der Waals surface area contributed by atoms with Crippen LogP contribution in [0.25, 0.3) is 22.8 Å². The first kappa shape index (κ1) is 13.1. The first-order valence-electron chi connectivity index (χ1n) is 6.14. The summed E-state index contributed by atoms with van der Waals surface area (Å²) in [6.45, 7) is 0. The van der Waals surface area contributed by atoms with Gasteiger partial charge in [0.2, 0.25) is 5.82 Å². The van der Waals surface area contributed by atoms with E-state index < -0.39 is 5.82 Å². The molecule has 0 saturated heterocycles. The van der Waals surface area contributed by atoms with Crippen molar-refractivity contribution in [3.8, 4) is 34.3 Å². The molecule has 2 aromatic carbocycles. The predicted molar refractivity (Wildman–Crippen MR) is 73.3 cm³/mol. The van der Waals surface area contributed by atoms with E-state index in [1.54, 1.807) is 31.4 Å². The van der Waals surface area contributed by atoms with Crippen molar-refractivity contribution >= 4 is 0 Å². The number of rotatable bonds is 3. The molecule has 1 N–H and O–H groups in total. The Labute approximate surface area is 119 Å². The lowest BCUT2D eigenvalue weighted by Crippen LogP contribution is -1.85. The van der Waals surface area contributed by atoms with E-state index in [9.17, 15) is 9.50 Å². The van der Waals surface area contributed by atoms with Gasteiger partial charge in [-0.3, -0.25) is 0 Å². The number of ether oxygens (including phenoxy) is 1. The maximum atomic E-state index is 13.2. The Morgan fingerprint density at radius 2 is 2.05 bits per heavy atom. The molecule has 0 fully saturated rings. The highest BCUT2D eigenvalue weighted by atomic mass is 19.1. The van der Waals surface area contributed by atoms with E-state index in [1.165, 1.54) is 6.07 Å².